The van der Waals surface area contributed by atoms with E-state index in [0.29, 0.717) is 12.1 Å². The Morgan fingerprint density at radius 1 is 1.00 bits per heavy atom. The van der Waals surface area contributed by atoms with Crippen LogP contribution in [0.2, 0.25) is 0 Å². The van der Waals surface area contributed by atoms with E-state index in [0.717, 1.165) is 18.4 Å². The quantitative estimate of drug-likeness (QED) is 0.818. The lowest BCUT2D eigenvalue weighted by Crippen LogP contribution is -2.61. The highest BCUT2D eigenvalue weighted by Gasteiger charge is 2.45. The molecule has 2 aliphatic carbocycles. The van der Waals surface area contributed by atoms with Crippen LogP contribution in [0.4, 0.5) is 0 Å². The van der Waals surface area contributed by atoms with Crippen LogP contribution < -0.4 is 5.32 Å². The summed E-state index contributed by atoms with van der Waals surface area (Å²) in [5, 5.41) is 3.85. The van der Waals surface area contributed by atoms with Gasteiger partial charge in [-0.2, -0.15) is 0 Å². The van der Waals surface area contributed by atoms with Gasteiger partial charge in [-0.15, -0.1) is 0 Å². The van der Waals surface area contributed by atoms with Gasteiger partial charge in [0.15, 0.2) is 0 Å². The maximum atomic E-state index is 6.64. The lowest BCUT2D eigenvalue weighted by Gasteiger charge is -2.51. The average molecular weight is 265 g/mol. The maximum absolute atomic E-state index is 6.64. The molecule has 3 unspecified atom stereocenters. The molecule has 0 aromatic carbocycles. The lowest BCUT2D eigenvalue weighted by atomic mass is 9.74. The second-order valence-electron chi connectivity index (χ2n) is 7.27. The maximum Gasteiger partial charge on any atom is 0.0811 e. The first kappa shape index (κ1) is 13.9. The van der Waals surface area contributed by atoms with Crippen molar-refractivity contribution in [1.29, 1.82) is 0 Å². The van der Waals surface area contributed by atoms with Crippen molar-refractivity contribution in [1.82, 2.24) is 5.32 Å². The summed E-state index contributed by atoms with van der Waals surface area (Å²) >= 11 is 0. The lowest BCUT2D eigenvalue weighted by molar-refractivity contribution is -0.168. The molecule has 1 N–H and O–H groups in total. The molecule has 110 valence electrons. The highest BCUT2D eigenvalue weighted by molar-refractivity contribution is 4.98. The molecule has 3 aliphatic rings. The fourth-order valence-electron chi connectivity index (χ4n) is 4.54. The molecule has 1 heterocycles. The predicted molar refractivity (Wildman–Crippen MR) is 79.3 cm³/mol. The van der Waals surface area contributed by atoms with Crippen molar-refractivity contribution in [2.24, 2.45) is 11.8 Å². The molecule has 1 aliphatic heterocycles. The summed E-state index contributed by atoms with van der Waals surface area (Å²) in [5.74, 6) is 1.89. The Bertz CT molecular complexity index is 296. The van der Waals surface area contributed by atoms with Crippen LogP contribution in [0.5, 0.6) is 0 Å². The van der Waals surface area contributed by atoms with Crippen LogP contribution in [-0.2, 0) is 4.74 Å². The van der Waals surface area contributed by atoms with E-state index in [1.54, 1.807) is 0 Å². The SMILES string of the molecule is CCC1CCC2(CC1)CNC1CC(CC)CCC1O2. The van der Waals surface area contributed by atoms with E-state index in [-0.39, 0.29) is 5.60 Å². The van der Waals surface area contributed by atoms with Gasteiger partial charge in [-0.3, -0.25) is 0 Å². The third-order valence-corrected chi connectivity index (χ3v) is 6.15. The van der Waals surface area contributed by atoms with Crippen LogP contribution in [0, 0.1) is 11.8 Å². The Hall–Kier alpha value is -0.0800. The highest BCUT2D eigenvalue weighted by atomic mass is 16.5. The molecule has 2 heteroatoms. The van der Waals surface area contributed by atoms with Gasteiger partial charge in [0, 0.05) is 12.6 Å². The van der Waals surface area contributed by atoms with E-state index in [2.05, 4.69) is 19.2 Å². The van der Waals surface area contributed by atoms with Crippen LogP contribution in [-0.4, -0.2) is 24.3 Å². The molecule has 0 amide bonds. The number of morpholine rings is 1. The Morgan fingerprint density at radius 3 is 2.42 bits per heavy atom. The number of hydrogen-bond acceptors (Lipinski definition) is 2. The first-order valence-electron chi connectivity index (χ1n) is 8.66. The summed E-state index contributed by atoms with van der Waals surface area (Å²) in [7, 11) is 0. The standard InChI is InChI=1S/C17H31NO/c1-3-13-7-9-17(10-8-13)12-18-15-11-14(4-2)5-6-16(15)19-17/h13-16,18H,3-12H2,1-2H3. The van der Waals surface area contributed by atoms with E-state index >= 15 is 0 Å². The summed E-state index contributed by atoms with van der Waals surface area (Å²) < 4.78 is 6.64. The van der Waals surface area contributed by atoms with Gasteiger partial charge >= 0.3 is 0 Å². The second-order valence-corrected chi connectivity index (χ2v) is 7.27. The molecule has 3 rings (SSSR count). The molecule has 0 aromatic heterocycles. The number of nitrogens with one attached hydrogen (secondary N) is 1. The van der Waals surface area contributed by atoms with Crippen LogP contribution in [0.1, 0.15) is 71.6 Å². The summed E-state index contributed by atoms with van der Waals surface area (Å²) in [6.07, 6.45) is 12.6. The largest absolute Gasteiger partial charge is 0.369 e. The predicted octanol–water partition coefficient (Wildman–Crippen LogP) is 3.89. The summed E-state index contributed by atoms with van der Waals surface area (Å²) in [4.78, 5) is 0. The monoisotopic (exact) mass is 265 g/mol. The van der Waals surface area contributed by atoms with Gasteiger partial charge in [0.1, 0.15) is 0 Å². The molecule has 2 nitrogen and oxygen atoms in total. The van der Waals surface area contributed by atoms with Gasteiger partial charge in [0.05, 0.1) is 11.7 Å². The minimum absolute atomic E-state index is 0.200. The van der Waals surface area contributed by atoms with Crippen LogP contribution >= 0.6 is 0 Å². The minimum Gasteiger partial charge on any atom is -0.369 e. The Balaban J connectivity index is 1.58. The molecule has 0 radical (unpaired) electrons. The fourth-order valence-corrected chi connectivity index (χ4v) is 4.54. The van der Waals surface area contributed by atoms with Crippen molar-refractivity contribution < 1.29 is 4.74 Å². The number of hydrogen-bond donors (Lipinski definition) is 1. The first-order valence-corrected chi connectivity index (χ1v) is 8.66. The highest BCUT2D eigenvalue weighted by Crippen LogP contribution is 2.41. The van der Waals surface area contributed by atoms with Crippen molar-refractivity contribution in [3.05, 3.63) is 0 Å². The summed E-state index contributed by atoms with van der Waals surface area (Å²) in [5.41, 5.74) is 0.200. The van der Waals surface area contributed by atoms with Gasteiger partial charge in [-0.05, 0) is 56.8 Å². The van der Waals surface area contributed by atoms with Gasteiger partial charge in [0.2, 0.25) is 0 Å². The molecule has 3 atom stereocenters. The van der Waals surface area contributed by atoms with Crippen molar-refractivity contribution in [2.75, 3.05) is 6.54 Å². The Labute approximate surface area is 118 Å². The number of fused-ring (bicyclic) bond motifs is 1. The fraction of sp³-hybridized carbons (Fsp3) is 1.00. The Morgan fingerprint density at radius 2 is 1.74 bits per heavy atom. The number of ether oxygens (including phenoxy) is 1. The van der Waals surface area contributed by atoms with Gasteiger partial charge in [-0.25, -0.2) is 0 Å². The molecule has 19 heavy (non-hydrogen) atoms. The zero-order valence-electron chi connectivity index (χ0n) is 12.8. The molecule has 1 saturated heterocycles. The van der Waals surface area contributed by atoms with Gasteiger partial charge in [0.25, 0.3) is 0 Å². The zero-order chi connectivity index (χ0) is 13.3. The molecular formula is C17H31NO. The zero-order valence-corrected chi connectivity index (χ0v) is 12.8. The Kier molecular flexibility index (Phi) is 4.19. The van der Waals surface area contributed by atoms with E-state index in [4.69, 9.17) is 4.74 Å². The average Bonchev–Trinajstić information content (AvgIpc) is 2.47. The topological polar surface area (TPSA) is 21.3 Å². The van der Waals surface area contributed by atoms with E-state index in [1.165, 1.54) is 57.8 Å². The van der Waals surface area contributed by atoms with E-state index < -0.39 is 0 Å². The van der Waals surface area contributed by atoms with E-state index in [9.17, 15) is 0 Å². The van der Waals surface area contributed by atoms with E-state index in [1.807, 2.05) is 0 Å². The smallest absolute Gasteiger partial charge is 0.0811 e. The van der Waals surface area contributed by atoms with Crippen molar-refractivity contribution in [2.45, 2.75) is 89.4 Å². The third kappa shape index (κ3) is 2.85. The van der Waals surface area contributed by atoms with Crippen molar-refractivity contribution >= 4 is 0 Å². The van der Waals surface area contributed by atoms with Gasteiger partial charge < -0.3 is 10.1 Å². The molecular weight excluding hydrogens is 234 g/mol. The third-order valence-electron chi connectivity index (χ3n) is 6.15. The van der Waals surface area contributed by atoms with Crippen LogP contribution in [0.3, 0.4) is 0 Å². The number of rotatable bonds is 2. The molecule has 1 spiro atoms. The van der Waals surface area contributed by atoms with Crippen LogP contribution in [0.15, 0.2) is 0 Å². The first-order chi connectivity index (χ1) is 9.24. The van der Waals surface area contributed by atoms with Crippen molar-refractivity contribution in [3.8, 4) is 0 Å². The van der Waals surface area contributed by atoms with Gasteiger partial charge in [-0.1, -0.05) is 26.7 Å². The molecule has 0 bridgehead atoms. The molecule has 3 fully saturated rings. The van der Waals surface area contributed by atoms with Crippen molar-refractivity contribution in [3.63, 3.8) is 0 Å². The molecule has 0 aromatic rings. The van der Waals surface area contributed by atoms with Crippen LogP contribution in [0.25, 0.3) is 0 Å². The molecule has 2 saturated carbocycles. The normalized spacial score (nSPS) is 47.1. The summed E-state index contributed by atoms with van der Waals surface area (Å²) in [6, 6.07) is 0.647. The minimum atomic E-state index is 0.200. The second kappa shape index (κ2) is 5.73. The summed E-state index contributed by atoms with van der Waals surface area (Å²) in [6.45, 7) is 5.79.